The molecule has 1 N–H and O–H groups in total. The second-order valence-corrected chi connectivity index (χ2v) is 6.22. The Bertz CT molecular complexity index is 501. The lowest BCUT2D eigenvalue weighted by Gasteiger charge is -2.12. The summed E-state index contributed by atoms with van der Waals surface area (Å²) in [4.78, 5) is 6.98. The van der Waals surface area contributed by atoms with E-state index >= 15 is 0 Å². The van der Waals surface area contributed by atoms with Crippen molar-refractivity contribution in [2.45, 2.75) is 33.2 Å². The summed E-state index contributed by atoms with van der Waals surface area (Å²) in [6, 6.07) is 4.38. The Morgan fingerprint density at radius 3 is 2.78 bits per heavy atom. The van der Waals surface area contributed by atoms with Gasteiger partial charge in [-0.15, -0.1) is 11.3 Å². The number of rotatable bonds is 5. The van der Waals surface area contributed by atoms with Crippen molar-refractivity contribution < 1.29 is 5.11 Å². The van der Waals surface area contributed by atoms with E-state index in [1.54, 1.807) is 17.5 Å². The van der Waals surface area contributed by atoms with Crippen LogP contribution in [-0.4, -0.2) is 21.3 Å². The van der Waals surface area contributed by atoms with Crippen LogP contribution in [0.2, 0.25) is 0 Å². The van der Waals surface area contributed by atoms with E-state index in [0.717, 1.165) is 12.2 Å². The smallest absolute Gasteiger partial charge is 0.150 e. The molecule has 2 aromatic heterocycles. The fourth-order valence-corrected chi connectivity index (χ4v) is 3.18. The molecule has 0 amide bonds. The zero-order valence-electron chi connectivity index (χ0n) is 11.1. The van der Waals surface area contributed by atoms with Gasteiger partial charge >= 0.3 is 0 Å². The monoisotopic (exact) mass is 264 g/mol. The van der Waals surface area contributed by atoms with Crippen LogP contribution in [0.3, 0.4) is 0 Å². The van der Waals surface area contributed by atoms with Gasteiger partial charge in [-0.2, -0.15) is 0 Å². The average Bonchev–Trinajstić information content (AvgIpc) is 2.94. The normalized spacial score (nSPS) is 13.2. The summed E-state index contributed by atoms with van der Waals surface area (Å²) < 4.78 is 2.03. The van der Waals surface area contributed by atoms with Crippen molar-refractivity contribution in [1.29, 1.82) is 0 Å². The van der Waals surface area contributed by atoms with Crippen LogP contribution < -0.4 is 0 Å². The Morgan fingerprint density at radius 1 is 1.33 bits per heavy atom. The van der Waals surface area contributed by atoms with Gasteiger partial charge < -0.3 is 9.67 Å². The first-order chi connectivity index (χ1) is 8.61. The summed E-state index contributed by atoms with van der Waals surface area (Å²) >= 11 is 1.80. The molecule has 2 aromatic rings. The minimum Gasteiger partial charge on any atom is -0.394 e. The lowest BCUT2D eigenvalue weighted by atomic mass is 10.1. The number of hydrogen-bond acceptors (Lipinski definition) is 3. The molecule has 0 fully saturated rings. The minimum absolute atomic E-state index is 0.0677. The number of nitrogens with zero attached hydrogens (tertiary/aromatic N) is 2. The van der Waals surface area contributed by atoms with Crippen LogP contribution in [0.4, 0.5) is 0 Å². The van der Waals surface area contributed by atoms with Crippen LogP contribution in [-0.2, 0) is 6.42 Å². The molecule has 18 heavy (non-hydrogen) atoms. The van der Waals surface area contributed by atoms with E-state index in [-0.39, 0.29) is 12.6 Å². The van der Waals surface area contributed by atoms with E-state index < -0.39 is 0 Å². The number of imidazole rings is 1. The molecule has 0 spiro atoms. The standard InChI is InChI=1S/C14H20N2OS/c1-10(2)8-12-4-5-13(18-12)14-15-6-7-16(14)11(3)9-17/h4-7,10-11,17H,8-9H2,1-3H3. The molecule has 1 atom stereocenters. The maximum atomic E-state index is 9.26. The van der Waals surface area contributed by atoms with Crippen molar-refractivity contribution in [3.05, 3.63) is 29.4 Å². The third kappa shape index (κ3) is 2.82. The molecular weight excluding hydrogens is 244 g/mol. The van der Waals surface area contributed by atoms with E-state index in [1.807, 2.05) is 17.7 Å². The second-order valence-electron chi connectivity index (χ2n) is 5.05. The Morgan fingerprint density at radius 2 is 2.11 bits per heavy atom. The van der Waals surface area contributed by atoms with Crippen molar-refractivity contribution in [3.8, 4) is 10.7 Å². The molecule has 0 aliphatic heterocycles. The van der Waals surface area contributed by atoms with E-state index in [2.05, 4.69) is 31.0 Å². The molecule has 2 rings (SSSR count). The largest absolute Gasteiger partial charge is 0.394 e. The van der Waals surface area contributed by atoms with Gasteiger partial charge in [0.25, 0.3) is 0 Å². The van der Waals surface area contributed by atoms with Crippen LogP contribution in [0.5, 0.6) is 0 Å². The Balaban J connectivity index is 2.26. The fourth-order valence-electron chi connectivity index (χ4n) is 1.96. The molecule has 2 heterocycles. The van der Waals surface area contributed by atoms with Crippen LogP contribution in [0.15, 0.2) is 24.5 Å². The van der Waals surface area contributed by atoms with Crippen molar-refractivity contribution in [2.75, 3.05) is 6.61 Å². The summed E-state index contributed by atoms with van der Waals surface area (Å²) in [6.45, 7) is 6.59. The predicted octanol–water partition coefficient (Wildman–Crippen LogP) is 3.36. The van der Waals surface area contributed by atoms with Gasteiger partial charge in [0.05, 0.1) is 17.5 Å². The highest BCUT2D eigenvalue weighted by atomic mass is 32.1. The summed E-state index contributed by atoms with van der Waals surface area (Å²) in [5, 5.41) is 9.26. The van der Waals surface area contributed by atoms with E-state index in [0.29, 0.717) is 5.92 Å². The molecule has 0 saturated heterocycles. The summed E-state index contributed by atoms with van der Waals surface area (Å²) in [7, 11) is 0. The quantitative estimate of drug-likeness (QED) is 0.899. The number of aliphatic hydroxyl groups is 1. The van der Waals surface area contributed by atoms with Crippen molar-refractivity contribution >= 4 is 11.3 Å². The first kappa shape index (κ1) is 13.3. The molecular formula is C14H20N2OS. The maximum absolute atomic E-state index is 9.26. The lowest BCUT2D eigenvalue weighted by molar-refractivity contribution is 0.240. The molecule has 0 radical (unpaired) electrons. The highest BCUT2D eigenvalue weighted by Crippen LogP contribution is 2.29. The number of hydrogen-bond donors (Lipinski definition) is 1. The lowest BCUT2D eigenvalue weighted by Crippen LogP contribution is -2.09. The van der Waals surface area contributed by atoms with Crippen molar-refractivity contribution in [2.24, 2.45) is 5.92 Å². The maximum Gasteiger partial charge on any atom is 0.150 e. The van der Waals surface area contributed by atoms with Gasteiger partial charge in [-0.3, -0.25) is 0 Å². The van der Waals surface area contributed by atoms with Gasteiger partial charge in [0.1, 0.15) is 5.82 Å². The Kier molecular flexibility index (Phi) is 4.19. The van der Waals surface area contributed by atoms with E-state index in [9.17, 15) is 5.11 Å². The van der Waals surface area contributed by atoms with Gasteiger partial charge in [0, 0.05) is 17.3 Å². The number of thiophene rings is 1. The van der Waals surface area contributed by atoms with Gasteiger partial charge in [0.2, 0.25) is 0 Å². The highest BCUT2D eigenvalue weighted by molar-refractivity contribution is 7.15. The summed E-state index contributed by atoms with van der Waals surface area (Å²) in [5.74, 6) is 1.63. The van der Waals surface area contributed by atoms with Crippen LogP contribution in [0.25, 0.3) is 10.7 Å². The molecule has 0 aliphatic rings. The molecule has 0 saturated carbocycles. The highest BCUT2D eigenvalue weighted by Gasteiger charge is 2.13. The molecule has 0 bridgehead atoms. The first-order valence-corrected chi connectivity index (χ1v) is 7.16. The van der Waals surface area contributed by atoms with Crippen LogP contribution in [0.1, 0.15) is 31.7 Å². The molecule has 1 unspecified atom stereocenters. The van der Waals surface area contributed by atoms with Crippen molar-refractivity contribution in [1.82, 2.24) is 9.55 Å². The zero-order valence-corrected chi connectivity index (χ0v) is 11.9. The Hall–Kier alpha value is -1.13. The van der Waals surface area contributed by atoms with E-state index in [1.165, 1.54) is 9.75 Å². The zero-order chi connectivity index (χ0) is 13.1. The summed E-state index contributed by atoms with van der Waals surface area (Å²) in [5.41, 5.74) is 0. The second kappa shape index (κ2) is 5.67. The Labute approximate surface area is 112 Å². The fraction of sp³-hybridized carbons (Fsp3) is 0.500. The predicted molar refractivity (Wildman–Crippen MR) is 75.9 cm³/mol. The number of aliphatic hydroxyl groups excluding tert-OH is 1. The third-order valence-corrected chi connectivity index (χ3v) is 4.00. The van der Waals surface area contributed by atoms with Crippen LogP contribution in [0, 0.1) is 5.92 Å². The molecule has 0 aromatic carbocycles. The topological polar surface area (TPSA) is 38.0 Å². The van der Waals surface area contributed by atoms with Crippen molar-refractivity contribution in [3.63, 3.8) is 0 Å². The molecule has 3 nitrogen and oxygen atoms in total. The average molecular weight is 264 g/mol. The van der Waals surface area contributed by atoms with Gasteiger partial charge in [-0.25, -0.2) is 4.98 Å². The molecule has 0 aliphatic carbocycles. The SMILES string of the molecule is CC(C)Cc1ccc(-c2nccn2C(C)CO)s1. The summed E-state index contributed by atoms with van der Waals surface area (Å²) in [6.07, 6.45) is 4.84. The van der Waals surface area contributed by atoms with Gasteiger partial charge in [-0.05, 0) is 31.4 Å². The first-order valence-electron chi connectivity index (χ1n) is 6.34. The van der Waals surface area contributed by atoms with Gasteiger partial charge in [-0.1, -0.05) is 13.8 Å². The van der Waals surface area contributed by atoms with Crippen LogP contribution >= 0.6 is 11.3 Å². The number of aromatic nitrogens is 2. The van der Waals surface area contributed by atoms with Gasteiger partial charge in [0.15, 0.2) is 0 Å². The van der Waals surface area contributed by atoms with E-state index in [4.69, 9.17) is 0 Å². The third-order valence-electron chi connectivity index (χ3n) is 2.90. The molecule has 4 heteroatoms. The molecule has 98 valence electrons. The minimum atomic E-state index is 0.0677.